The van der Waals surface area contributed by atoms with E-state index < -0.39 is 24.5 Å². The first-order valence-corrected chi connectivity index (χ1v) is 8.36. The van der Waals surface area contributed by atoms with Crippen LogP contribution in [0.25, 0.3) is 11.2 Å². The summed E-state index contributed by atoms with van der Waals surface area (Å²) >= 11 is 5.97. The zero-order chi connectivity index (χ0) is 18.1. The zero-order valence-corrected chi connectivity index (χ0v) is 14.2. The summed E-state index contributed by atoms with van der Waals surface area (Å²) in [5.41, 5.74) is 1.20. The number of hydrogen-bond donors (Lipinski definition) is 0. The highest BCUT2D eigenvalue weighted by molar-refractivity contribution is 6.33. The van der Waals surface area contributed by atoms with E-state index in [1.54, 1.807) is 30.3 Å². The number of hydrogen-bond acceptors (Lipinski definition) is 6. The van der Waals surface area contributed by atoms with Crippen molar-refractivity contribution in [2.75, 3.05) is 6.61 Å². The largest absolute Gasteiger partial charge is 0.459 e. The van der Waals surface area contributed by atoms with Gasteiger partial charge in [-0.3, -0.25) is 4.57 Å². The van der Waals surface area contributed by atoms with Crippen LogP contribution in [0, 0.1) is 0 Å². The van der Waals surface area contributed by atoms with E-state index in [-0.39, 0.29) is 18.2 Å². The predicted molar refractivity (Wildman–Crippen MR) is 90.5 cm³/mol. The maximum absolute atomic E-state index is 14.5. The van der Waals surface area contributed by atoms with Gasteiger partial charge in [-0.05, 0) is 12.1 Å². The highest BCUT2D eigenvalue weighted by Crippen LogP contribution is 2.34. The number of carbonyl (C=O) groups is 1. The predicted octanol–water partition coefficient (Wildman–Crippen LogP) is 2.96. The monoisotopic (exact) mass is 376 g/mol. The number of carbonyl (C=O) groups excluding carboxylic acids is 1. The summed E-state index contributed by atoms with van der Waals surface area (Å²) in [6.45, 7) is -0.0347. The molecule has 9 heteroatoms. The van der Waals surface area contributed by atoms with E-state index in [0.717, 1.165) is 0 Å². The smallest absolute Gasteiger partial charge is 0.338 e. The van der Waals surface area contributed by atoms with Gasteiger partial charge in [0.15, 0.2) is 17.0 Å². The summed E-state index contributed by atoms with van der Waals surface area (Å²) in [4.78, 5) is 24.0. The number of imidazole rings is 1. The Morgan fingerprint density at radius 2 is 2.12 bits per heavy atom. The fraction of sp³-hybridized carbons (Fsp3) is 0.294. The first-order valence-electron chi connectivity index (χ1n) is 7.98. The Kier molecular flexibility index (Phi) is 4.52. The van der Waals surface area contributed by atoms with Crippen LogP contribution in [-0.2, 0) is 9.47 Å². The summed E-state index contributed by atoms with van der Waals surface area (Å²) in [6.07, 6.45) is 0.0429. The molecule has 1 aliphatic rings. The lowest BCUT2D eigenvalue weighted by Gasteiger charge is -2.16. The van der Waals surface area contributed by atoms with Crippen molar-refractivity contribution >= 4 is 28.7 Å². The third-order valence-electron chi connectivity index (χ3n) is 4.13. The Morgan fingerprint density at radius 1 is 1.31 bits per heavy atom. The lowest BCUT2D eigenvalue weighted by atomic mass is 10.2. The lowest BCUT2D eigenvalue weighted by molar-refractivity contribution is -0.0420. The van der Waals surface area contributed by atoms with Crippen LogP contribution >= 0.6 is 11.6 Å². The maximum Gasteiger partial charge on any atom is 0.338 e. The summed E-state index contributed by atoms with van der Waals surface area (Å²) < 4.78 is 26.9. The minimum Gasteiger partial charge on any atom is -0.459 e. The van der Waals surface area contributed by atoms with Crippen LogP contribution in [0.5, 0.6) is 0 Å². The van der Waals surface area contributed by atoms with Gasteiger partial charge in [0.2, 0.25) is 0 Å². The first kappa shape index (κ1) is 16.9. The van der Waals surface area contributed by atoms with Gasteiger partial charge in [0.25, 0.3) is 0 Å². The van der Waals surface area contributed by atoms with Crippen molar-refractivity contribution in [1.29, 1.82) is 0 Å². The maximum atomic E-state index is 14.5. The van der Waals surface area contributed by atoms with Crippen LogP contribution in [0.4, 0.5) is 4.39 Å². The molecule has 0 saturated carbocycles. The number of alkyl halides is 1. The molecule has 1 aromatic carbocycles. The van der Waals surface area contributed by atoms with E-state index in [1.165, 1.54) is 17.2 Å². The molecule has 3 atom stereocenters. The molecule has 7 nitrogen and oxygen atoms in total. The van der Waals surface area contributed by atoms with Gasteiger partial charge in [0.05, 0.1) is 18.0 Å². The molecule has 0 radical (unpaired) electrons. The molecule has 26 heavy (non-hydrogen) atoms. The van der Waals surface area contributed by atoms with E-state index in [9.17, 15) is 9.18 Å². The minimum atomic E-state index is -1.29. The summed E-state index contributed by atoms with van der Waals surface area (Å²) in [6, 6.07) is 8.60. The molecule has 0 aliphatic carbocycles. The van der Waals surface area contributed by atoms with Gasteiger partial charge >= 0.3 is 5.97 Å². The van der Waals surface area contributed by atoms with Crippen molar-refractivity contribution in [3.63, 3.8) is 0 Å². The molecule has 3 heterocycles. The molecule has 1 fully saturated rings. The molecule has 4 rings (SSSR count). The molecule has 2 aromatic heterocycles. The van der Waals surface area contributed by atoms with E-state index >= 15 is 0 Å². The van der Waals surface area contributed by atoms with Crippen LogP contribution in [0.15, 0.2) is 43.0 Å². The van der Waals surface area contributed by atoms with Crippen molar-refractivity contribution < 1.29 is 18.7 Å². The van der Waals surface area contributed by atoms with Gasteiger partial charge < -0.3 is 9.47 Å². The van der Waals surface area contributed by atoms with Crippen molar-refractivity contribution in [2.24, 2.45) is 0 Å². The molecule has 0 spiro atoms. The van der Waals surface area contributed by atoms with Gasteiger partial charge in [-0.25, -0.2) is 24.1 Å². The average Bonchev–Trinajstić information content (AvgIpc) is 3.24. The summed E-state index contributed by atoms with van der Waals surface area (Å²) in [5.74, 6) is -0.472. The number of rotatable bonds is 4. The Balaban J connectivity index is 1.44. The van der Waals surface area contributed by atoms with Gasteiger partial charge in [0, 0.05) is 6.42 Å². The number of fused-ring (bicyclic) bond motifs is 1. The van der Waals surface area contributed by atoms with E-state index in [0.29, 0.717) is 16.7 Å². The van der Waals surface area contributed by atoms with Crippen LogP contribution in [-0.4, -0.2) is 44.4 Å². The average molecular weight is 377 g/mol. The lowest BCUT2D eigenvalue weighted by Crippen LogP contribution is -2.19. The topological polar surface area (TPSA) is 79.1 Å². The molecular formula is C17H14ClFN4O3. The van der Waals surface area contributed by atoms with Crippen LogP contribution in [0.1, 0.15) is 23.0 Å². The normalized spacial score (nSPS) is 22.6. The summed E-state index contributed by atoms with van der Waals surface area (Å²) in [7, 11) is 0. The molecule has 3 aromatic rings. The highest BCUT2D eigenvalue weighted by atomic mass is 35.5. The van der Waals surface area contributed by atoms with Crippen molar-refractivity contribution in [3.8, 4) is 0 Å². The molecule has 1 aliphatic heterocycles. The standard InChI is InChI=1S/C17H14ClFN4O3/c18-14-13-15(21-8-20-14)23(9-22-13)16-12(19)6-11(26-16)7-25-17(24)10-4-2-1-3-5-10/h1-5,8-9,11-12,16H,6-7H2/t11-,12?,16+/m0/s1. The van der Waals surface area contributed by atoms with E-state index in [2.05, 4.69) is 15.0 Å². The number of benzene rings is 1. The van der Waals surface area contributed by atoms with Gasteiger partial charge in [-0.2, -0.15) is 0 Å². The second-order valence-electron chi connectivity index (χ2n) is 5.85. The minimum absolute atomic E-state index is 0.0347. The molecule has 1 unspecified atom stereocenters. The molecule has 1 saturated heterocycles. The van der Waals surface area contributed by atoms with Crippen molar-refractivity contribution in [2.45, 2.75) is 24.9 Å². The van der Waals surface area contributed by atoms with Gasteiger partial charge in [-0.15, -0.1) is 0 Å². The van der Waals surface area contributed by atoms with Crippen LogP contribution < -0.4 is 0 Å². The molecule has 134 valence electrons. The Morgan fingerprint density at radius 3 is 2.92 bits per heavy atom. The number of nitrogens with zero attached hydrogens (tertiary/aromatic N) is 4. The summed E-state index contributed by atoms with van der Waals surface area (Å²) in [5, 5.41) is 0.190. The Hall–Kier alpha value is -2.58. The third kappa shape index (κ3) is 3.13. The number of halogens is 2. The first-order chi connectivity index (χ1) is 12.6. The quantitative estimate of drug-likeness (QED) is 0.514. The third-order valence-corrected chi connectivity index (χ3v) is 4.40. The molecular weight excluding hydrogens is 363 g/mol. The molecule has 0 bridgehead atoms. The molecule has 0 amide bonds. The fourth-order valence-electron chi connectivity index (χ4n) is 2.89. The SMILES string of the molecule is O=C(OC[C@@H]1CC(F)[C@H](n2cnc3c(Cl)ncnc32)O1)c1ccccc1. The number of esters is 1. The zero-order valence-electron chi connectivity index (χ0n) is 13.5. The van der Waals surface area contributed by atoms with Crippen molar-refractivity contribution in [3.05, 3.63) is 53.7 Å². The molecule has 0 N–H and O–H groups in total. The Labute approximate surface area is 152 Å². The van der Waals surface area contributed by atoms with Gasteiger partial charge in [-0.1, -0.05) is 29.8 Å². The highest BCUT2D eigenvalue weighted by Gasteiger charge is 2.38. The second kappa shape index (κ2) is 6.97. The number of aromatic nitrogens is 4. The fourth-order valence-corrected chi connectivity index (χ4v) is 3.07. The van der Waals surface area contributed by atoms with E-state index in [1.807, 2.05) is 0 Å². The van der Waals surface area contributed by atoms with Gasteiger partial charge in [0.1, 0.15) is 24.6 Å². The second-order valence-corrected chi connectivity index (χ2v) is 6.21. The van der Waals surface area contributed by atoms with E-state index in [4.69, 9.17) is 21.1 Å². The van der Waals surface area contributed by atoms with Crippen LogP contribution in [0.2, 0.25) is 5.15 Å². The van der Waals surface area contributed by atoms with Crippen molar-refractivity contribution in [1.82, 2.24) is 19.5 Å². The Bertz CT molecular complexity index is 936. The van der Waals surface area contributed by atoms with Crippen LogP contribution in [0.3, 0.4) is 0 Å². The number of ether oxygens (including phenoxy) is 2.